The predicted molar refractivity (Wildman–Crippen MR) is 78.7 cm³/mol. The first-order valence-electron chi connectivity index (χ1n) is 6.51. The summed E-state index contributed by atoms with van der Waals surface area (Å²) in [5, 5.41) is 1.18. The second-order valence-electron chi connectivity index (χ2n) is 5.58. The van der Waals surface area contributed by atoms with Crippen LogP contribution < -0.4 is 5.19 Å². The zero-order chi connectivity index (χ0) is 14.8. The molecule has 4 heteroatoms. The average Bonchev–Trinajstić information content (AvgIpc) is 2.39. The number of benzene rings is 2. The fourth-order valence-corrected chi connectivity index (χ4v) is 4.98. The van der Waals surface area contributed by atoms with Crippen molar-refractivity contribution < 1.29 is 13.2 Å². The van der Waals surface area contributed by atoms with Gasteiger partial charge in [0.1, 0.15) is 0 Å². The number of halogens is 3. The summed E-state index contributed by atoms with van der Waals surface area (Å²) < 4.78 is 39.1. The van der Waals surface area contributed by atoms with E-state index in [2.05, 4.69) is 13.1 Å². The highest BCUT2D eigenvalue weighted by atomic mass is 28.3. The van der Waals surface area contributed by atoms with E-state index in [1.165, 1.54) is 17.3 Å². The Morgan fingerprint density at radius 3 is 2.00 bits per heavy atom. The van der Waals surface area contributed by atoms with E-state index in [1.54, 1.807) is 12.1 Å². The van der Waals surface area contributed by atoms with Crippen LogP contribution in [0.5, 0.6) is 0 Å². The highest BCUT2D eigenvalue weighted by Crippen LogP contribution is 2.33. The van der Waals surface area contributed by atoms with Crippen LogP contribution in [0.3, 0.4) is 0 Å². The quantitative estimate of drug-likeness (QED) is 0.736. The minimum atomic E-state index is -4.28. The lowest BCUT2D eigenvalue weighted by molar-refractivity contribution is -0.138. The molecular weight excluding hydrogens is 277 g/mol. The molecule has 0 aromatic heterocycles. The molecule has 2 aromatic rings. The smallest absolute Gasteiger partial charge is 0.166 e. The van der Waals surface area contributed by atoms with Crippen LogP contribution in [0.2, 0.25) is 13.1 Å². The Bertz CT molecular complexity index is 574. The lowest BCUT2D eigenvalue weighted by Gasteiger charge is -2.25. The summed E-state index contributed by atoms with van der Waals surface area (Å²) in [6.45, 7) is 4.21. The molecule has 0 spiro atoms. The highest BCUT2D eigenvalue weighted by Gasteiger charge is 2.35. The molecule has 0 aliphatic carbocycles. The molecule has 0 unspecified atom stereocenters. The molecular formula is C16H17F3Si. The van der Waals surface area contributed by atoms with Crippen molar-refractivity contribution in [1.82, 2.24) is 0 Å². The first kappa shape index (κ1) is 14.8. The van der Waals surface area contributed by atoms with E-state index in [9.17, 15) is 13.2 Å². The van der Waals surface area contributed by atoms with Gasteiger partial charge >= 0.3 is 6.18 Å². The maximum absolute atomic E-state index is 13.0. The summed E-state index contributed by atoms with van der Waals surface area (Å²) >= 11 is 0. The SMILES string of the molecule is C[Si](C)(Cc1ccccc1C(F)(F)F)c1ccccc1. The van der Waals surface area contributed by atoms with Gasteiger partial charge in [-0.2, -0.15) is 13.2 Å². The normalized spacial score (nSPS) is 12.4. The van der Waals surface area contributed by atoms with E-state index in [1.807, 2.05) is 30.3 Å². The van der Waals surface area contributed by atoms with Gasteiger partial charge in [-0.15, -0.1) is 0 Å². The molecule has 106 valence electrons. The lowest BCUT2D eigenvalue weighted by Crippen LogP contribution is -2.44. The second-order valence-corrected chi connectivity index (χ2v) is 10.3. The fraction of sp³-hybridized carbons (Fsp3) is 0.250. The molecule has 0 saturated carbocycles. The second kappa shape index (κ2) is 5.44. The van der Waals surface area contributed by atoms with Gasteiger partial charge in [0.15, 0.2) is 0 Å². The van der Waals surface area contributed by atoms with Crippen LogP contribution in [0.15, 0.2) is 54.6 Å². The Morgan fingerprint density at radius 1 is 0.850 bits per heavy atom. The molecule has 2 aromatic carbocycles. The number of alkyl halides is 3. The molecule has 0 radical (unpaired) electrons. The van der Waals surface area contributed by atoms with E-state index < -0.39 is 19.8 Å². The van der Waals surface area contributed by atoms with Crippen molar-refractivity contribution in [2.45, 2.75) is 25.3 Å². The third-order valence-corrected chi connectivity index (χ3v) is 6.67. The average molecular weight is 294 g/mol. The Balaban J connectivity index is 2.35. The standard InChI is InChI=1S/C16H17F3Si/c1-20(2,14-9-4-3-5-10-14)12-13-8-6-7-11-15(13)16(17,18)19/h3-11H,12H2,1-2H3. The zero-order valence-electron chi connectivity index (χ0n) is 11.5. The molecule has 20 heavy (non-hydrogen) atoms. The topological polar surface area (TPSA) is 0 Å². The van der Waals surface area contributed by atoms with Gasteiger partial charge in [-0.3, -0.25) is 0 Å². The van der Waals surface area contributed by atoms with Crippen molar-refractivity contribution in [3.63, 3.8) is 0 Å². The van der Waals surface area contributed by atoms with Crippen LogP contribution in [0, 0.1) is 0 Å². The zero-order valence-corrected chi connectivity index (χ0v) is 12.5. The van der Waals surface area contributed by atoms with Gasteiger partial charge in [-0.05, 0) is 17.7 Å². The molecule has 0 amide bonds. The summed E-state index contributed by atoms with van der Waals surface area (Å²) in [5.74, 6) is 0. The minimum absolute atomic E-state index is 0.403. The van der Waals surface area contributed by atoms with Crippen LogP contribution in [0.1, 0.15) is 11.1 Å². The van der Waals surface area contributed by atoms with Gasteiger partial charge in [0.2, 0.25) is 0 Å². The number of rotatable bonds is 3. The van der Waals surface area contributed by atoms with Gasteiger partial charge in [0.05, 0.1) is 13.6 Å². The van der Waals surface area contributed by atoms with E-state index in [4.69, 9.17) is 0 Å². The van der Waals surface area contributed by atoms with Crippen molar-refractivity contribution in [2.75, 3.05) is 0 Å². The van der Waals surface area contributed by atoms with Gasteiger partial charge in [0, 0.05) is 0 Å². The fourth-order valence-electron chi connectivity index (χ4n) is 2.42. The summed E-state index contributed by atoms with van der Waals surface area (Å²) in [7, 11) is -1.93. The van der Waals surface area contributed by atoms with E-state index >= 15 is 0 Å². The monoisotopic (exact) mass is 294 g/mol. The van der Waals surface area contributed by atoms with Gasteiger partial charge in [0.25, 0.3) is 0 Å². The molecule has 0 aliphatic rings. The van der Waals surface area contributed by atoms with Crippen LogP contribution in [-0.4, -0.2) is 8.07 Å². The van der Waals surface area contributed by atoms with Crippen molar-refractivity contribution >= 4 is 13.3 Å². The largest absolute Gasteiger partial charge is 0.416 e. The highest BCUT2D eigenvalue weighted by molar-refractivity contribution is 6.89. The number of hydrogen-bond acceptors (Lipinski definition) is 0. The molecule has 0 atom stereocenters. The van der Waals surface area contributed by atoms with Gasteiger partial charge < -0.3 is 0 Å². The lowest BCUT2D eigenvalue weighted by atomic mass is 10.1. The van der Waals surface area contributed by atoms with Gasteiger partial charge in [-0.25, -0.2) is 0 Å². The van der Waals surface area contributed by atoms with Crippen molar-refractivity contribution in [3.05, 3.63) is 65.7 Å². The maximum atomic E-state index is 13.0. The molecule has 0 heterocycles. The third kappa shape index (κ3) is 3.31. The van der Waals surface area contributed by atoms with Crippen molar-refractivity contribution in [1.29, 1.82) is 0 Å². The predicted octanol–water partition coefficient (Wildman–Crippen LogP) is 4.40. The van der Waals surface area contributed by atoms with Crippen LogP contribution >= 0.6 is 0 Å². The van der Waals surface area contributed by atoms with E-state index in [0.717, 1.165) is 0 Å². The molecule has 0 N–H and O–H groups in total. The Labute approximate surface area is 118 Å². The Kier molecular flexibility index (Phi) is 4.04. The molecule has 0 fully saturated rings. The summed E-state index contributed by atoms with van der Waals surface area (Å²) in [6.07, 6.45) is -4.28. The molecule has 0 nitrogen and oxygen atoms in total. The minimum Gasteiger partial charge on any atom is -0.166 e. The van der Waals surface area contributed by atoms with E-state index in [-0.39, 0.29) is 0 Å². The summed E-state index contributed by atoms with van der Waals surface area (Å²) in [5.41, 5.74) is -0.1000. The van der Waals surface area contributed by atoms with Crippen LogP contribution in [0.25, 0.3) is 0 Å². The van der Waals surface area contributed by atoms with Crippen LogP contribution in [-0.2, 0) is 12.2 Å². The summed E-state index contributed by atoms with van der Waals surface area (Å²) in [4.78, 5) is 0. The third-order valence-electron chi connectivity index (χ3n) is 3.51. The van der Waals surface area contributed by atoms with Crippen molar-refractivity contribution in [3.8, 4) is 0 Å². The van der Waals surface area contributed by atoms with Crippen molar-refractivity contribution in [2.24, 2.45) is 0 Å². The summed E-state index contributed by atoms with van der Waals surface area (Å²) in [6, 6.07) is 16.2. The molecule has 2 rings (SSSR count). The number of hydrogen-bond donors (Lipinski definition) is 0. The first-order chi connectivity index (χ1) is 9.31. The Hall–Kier alpha value is -1.55. The molecule has 0 aliphatic heterocycles. The first-order valence-corrected chi connectivity index (χ1v) is 9.72. The maximum Gasteiger partial charge on any atom is 0.416 e. The van der Waals surface area contributed by atoms with Gasteiger partial charge in [-0.1, -0.05) is 66.8 Å². The van der Waals surface area contributed by atoms with E-state index in [0.29, 0.717) is 11.6 Å². The molecule has 0 bridgehead atoms. The molecule has 0 saturated heterocycles. The van der Waals surface area contributed by atoms with Crippen LogP contribution in [0.4, 0.5) is 13.2 Å². The Morgan fingerprint density at radius 2 is 1.40 bits per heavy atom.